The van der Waals surface area contributed by atoms with Gasteiger partial charge < -0.3 is 9.84 Å². The highest BCUT2D eigenvalue weighted by atomic mass is 127. The third kappa shape index (κ3) is 38.1. The lowest BCUT2D eigenvalue weighted by Crippen LogP contribution is -2.13. The second-order valence-electron chi connectivity index (χ2n) is 24.5. The van der Waals surface area contributed by atoms with Crippen LogP contribution in [0.5, 0.6) is 0 Å². The number of carbonyl (C=O) groups excluding carboxylic acids is 4. The van der Waals surface area contributed by atoms with Gasteiger partial charge in [0.05, 0.1) is 56.9 Å². The van der Waals surface area contributed by atoms with Crippen molar-refractivity contribution in [3.05, 3.63) is 284 Å². The van der Waals surface area contributed by atoms with E-state index in [1.807, 2.05) is 114 Å². The number of hydrogen-bond donors (Lipinski definition) is 2. The molecule has 0 amide bonds. The Morgan fingerprint density at radius 1 is 0.663 bits per heavy atom. The van der Waals surface area contributed by atoms with Crippen molar-refractivity contribution in [1.29, 1.82) is 10.5 Å². The van der Waals surface area contributed by atoms with Crippen molar-refractivity contribution < 1.29 is 45.1 Å². The fourth-order valence-corrected chi connectivity index (χ4v) is 9.03. The Labute approximate surface area is 637 Å². The molecule has 0 spiro atoms. The number of H-pyrrole nitrogens is 1. The molecule has 0 saturated heterocycles. The zero-order valence-corrected chi connectivity index (χ0v) is 63.9. The van der Waals surface area contributed by atoms with E-state index in [1.165, 1.54) is 19.0 Å². The number of aliphatic hydroxyl groups excluding tert-OH is 1. The Balaban J connectivity index is -0.00000121. The monoisotopic (exact) mass is 1630 g/mol. The van der Waals surface area contributed by atoms with E-state index in [2.05, 4.69) is 110 Å². The number of aromatic nitrogens is 6. The molecule has 0 fully saturated rings. The van der Waals surface area contributed by atoms with Gasteiger partial charge in [-0.05, 0) is 92.9 Å². The molecule has 0 bridgehead atoms. The van der Waals surface area contributed by atoms with Crippen molar-refractivity contribution in [3.63, 3.8) is 0 Å². The van der Waals surface area contributed by atoms with Crippen LogP contribution in [0.1, 0.15) is 192 Å². The summed E-state index contributed by atoms with van der Waals surface area (Å²) in [6, 6.07) is 55.0. The van der Waals surface area contributed by atoms with Gasteiger partial charge in [-0.15, -0.1) is 35.6 Å². The number of aliphatic hydroxyl groups is 1. The Morgan fingerprint density at radius 3 is 1.25 bits per heavy atom. The summed E-state index contributed by atoms with van der Waals surface area (Å²) >= 11 is 9.71. The van der Waals surface area contributed by atoms with Crippen molar-refractivity contribution in [1.82, 2.24) is 29.9 Å². The SMILES string of the molecule is C.CC(C)(C)CC(=O)c1ccc(Br)cc1.CC(C)(C)CC(=O)c1ccc(C(O)c2ccc(C(=O)CC(C)(C)C)cc2)cc1.CCOC=O.F.I.O=S(Cl)Cl.[2H]CF.[C-]#[N+]c1ccc(C(Cl)c2ccc(C#N)cc2)cc1.[C-]#[N+]c1ccc(C(c2ccc(C#N)cc2)n2cncn2)cc1.[HH].c1nc[nH]n1. The molecule has 0 aliphatic heterocycles. The van der Waals surface area contributed by atoms with Crippen LogP contribution in [0.2, 0.25) is 0 Å². The van der Waals surface area contributed by atoms with Gasteiger partial charge in [-0.25, -0.2) is 28.5 Å². The van der Waals surface area contributed by atoms with Gasteiger partial charge in [-0.1, -0.05) is 219 Å². The van der Waals surface area contributed by atoms with Crippen molar-refractivity contribution in [2.75, 3.05) is 13.8 Å². The second kappa shape index (κ2) is 49.8. The molecule has 17 nitrogen and oxygen atoms in total. The molecular formula is C76H87BrCl3F2IN10O7S. The summed E-state index contributed by atoms with van der Waals surface area (Å²) in [7, 11) is 6.36. The summed E-state index contributed by atoms with van der Waals surface area (Å²) in [5, 5.41) is 38.3. The first kappa shape index (κ1) is 92.3. The molecular weight excluding hydrogens is 1550 g/mol. The van der Waals surface area contributed by atoms with Crippen LogP contribution >= 0.6 is 72.9 Å². The maximum atomic E-state index is 12.3. The van der Waals surface area contributed by atoms with Gasteiger partial charge in [0, 0.05) is 63.2 Å². The molecule has 2 unspecified atom stereocenters. The van der Waals surface area contributed by atoms with Crippen molar-refractivity contribution in [3.8, 4) is 12.1 Å². The van der Waals surface area contributed by atoms with Crippen LogP contribution in [0.4, 0.5) is 20.5 Å². The molecule has 2 N–H and O–H groups in total. The van der Waals surface area contributed by atoms with Crippen molar-refractivity contribution in [2.24, 2.45) is 16.2 Å². The van der Waals surface area contributed by atoms with Gasteiger partial charge in [0.2, 0.25) is 9.23 Å². The van der Waals surface area contributed by atoms with E-state index in [9.17, 15) is 28.7 Å². The number of Topliss-reactive ketones (excluding diaryl/α,β-unsaturated/α-hetero) is 3. The minimum absolute atomic E-state index is 0. The highest BCUT2D eigenvalue weighted by Gasteiger charge is 2.22. The third-order valence-electron chi connectivity index (χ3n) is 12.9. The largest absolute Gasteiger partial charge is 0.468 e. The predicted octanol–water partition coefficient (Wildman–Crippen LogP) is 21.1. The van der Waals surface area contributed by atoms with E-state index >= 15 is 0 Å². The normalized spacial score (nSPS) is 10.7. The standard InChI is InChI=1S/C25H32O3.C17H11N5.C15H9ClN2.C12H15BrO.C3H6O2.C2H3N3.CH3F.CH4.Cl2OS.FH.HI.H2/c1-24(2,3)15-21(26)17-7-11-19(12-8-17)23(28)20-13-9-18(10-14-20)22(27)16-25(4,5)6;1-19-16-8-6-15(7-9-16)17(22-12-20-11-21-22)14-4-2-13(10-18)3-5-14;1-18-14-8-6-13(7-9-14)15(16)12-4-2-11(10-17)3-5-12;1-12(2,3)8-11(14)9-4-6-10(13)7-5-9;1-2-5-3-4;1-3-2-5-4-1;1-2;;1-4(2)3;;;/h7-14,23,28H,15-16H2,1-6H3;2-9,11-12,17H;2-9,15H;4-7H,8H2,1-3H3;3H,2H2,1H3;1-2H,(H,3,4,5);1H3;1H4;;3*1H/i;;;;;;1D;;;;;. The Morgan fingerprint density at radius 2 is 0.990 bits per heavy atom. The number of nitriles is 2. The summed E-state index contributed by atoms with van der Waals surface area (Å²) < 4.78 is 31.5. The van der Waals surface area contributed by atoms with Gasteiger partial charge >= 0.3 is 0 Å². The lowest BCUT2D eigenvalue weighted by Gasteiger charge is -2.18. The molecule has 9 aromatic rings. The van der Waals surface area contributed by atoms with E-state index in [1.54, 1.807) is 115 Å². The van der Waals surface area contributed by atoms with Crippen LogP contribution in [0.15, 0.2) is 200 Å². The maximum Gasteiger partial charge on any atom is 0.293 e. The molecule has 0 saturated carbocycles. The van der Waals surface area contributed by atoms with Crippen molar-refractivity contribution in [2.45, 2.75) is 113 Å². The number of rotatable bonds is 15. The molecule has 0 aliphatic rings. The Hall–Kier alpha value is -8.69. The van der Waals surface area contributed by atoms with Gasteiger partial charge in [0.15, 0.2) is 28.7 Å². The van der Waals surface area contributed by atoms with E-state index in [-0.39, 0.29) is 82.5 Å². The van der Waals surface area contributed by atoms with Gasteiger partial charge in [0.25, 0.3) is 6.47 Å². The molecule has 0 aliphatic carbocycles. The second-order valence-corrected chi connectivity index (χ2v) is 28.4. The quantitative estimate of drug-likeness (QED) is 0.0243. The van der Waals surface area contributed by atoms with Crippen LogP contribution in [-0.4, -0.2) is 76.8 Å². The number of ether oxygens (including phenoxy) is 1. The number of hydrogen-bond acceptors (Lipinski definition) is 13. The van der Waals surface area contributed by atoms with Crippen LogP contribution in [-0.2, 0) is 18.8 Å². The molecule has 0 radical (unpaired) electrons. The average molecular weight is 1640 g/mol. The fraction of sp³-hybridized carbons (Fsp3) is 0.289. The van der Waals surface area contributed by atoms with Crippen LogP contribution < -0.4 is 0 Å². The molecule has 538 valence electrons. The van der Waals surface area contributed by atoms with Gasteiger partial charge in [0.1, 0.15) is 37.5 Å². The number of nitrogens with zero attached hydrogens (tertiary/aromatic N) is 9. The average Bonchev–Trinajstić information content (AvgIpc) is 1.70. The molecule has 2 atom stereocenters. The van der Waals surface area contributed by atoms with Gasteiger partial charge in [-0.2, -0.15) is 20.7 Å². The van der Waals surface area contributed by atoms with Crippen LogP contribution in [0.25, 0.3) is 9.69 Å². The van der Waals surface area contributed by atoms with Crippen molar-refractivity contribution >= 4 is 117 Å². The lowest BCUT2D eigenvalue weighted by molar-refractivity contribution is -0.128. The number of nitrogens with one attached hydrogen (secondary N) is 1. The lowest BCUT2D eigenvalue weighted by atomic mass is 9.87. The summed E-state index contributed by atoms with van der Waals surface area (Å²) in [6.07, 6.45) is 6.88. The molecule has 101 heavy (non-hydrogen) atoms. The number of benzene rings is 7. The van der Waals surface area contributed by atoms with E-state index in [0.29, 0.717) is 66.0 Å². The zero-order valence-electron chi connectivity index (χ0n) is 57.9. The Bertz CT molecular complexity index is 3850. The summed E-state index contributed by atoms with van der Waals surface area (Å²) in [5.74, 6) is 0.426. The number of halogens is 7. The summed E-state index contributed by atoms with van der Waals surface area (Å²) in [5.41, 5.74) is 9.82. The van der Waals surface area contributed by atoms with E-state index in [4.69, 9.17) is 40.8 Å². The highest BCUT2D eigenvalue weighted by Crippen LogP contribution is 2.32. The topological polar surface area (TPSA) is 243 Å². The minimum atomic E-state index is -1.67. The first-order valence-corrected chi connectivity index (χ1v) is 34.0. The fourth-order valence-electron chi connectivity index (χ4n) is 8.47. The minimum Gasteiger partial charge on any atom is -0.468 e. The van der Waals surface area contributed by atoms with Gasteiger partial charge in [-0.3, -0.25) is 33.4 Å². The molecule has 9 rings (SSSR count). The molecule has 2 aromatic heterocycles. The number of ketones is 3. The van der Waals surface area contributed by atoms with Crippen LogP contribution in [0.3, 0.4) is 0 Å². The first-order chi connectivity index (χ1) is 46.9. The van der Waals surface area contributed by atoms with E-state index < -0.39 is 22.5 Å². The summed E-state index contributed by atoms with van der Waals surface area (Å²) in [6.45, 7) is 35.1. The smallest absolute Gasteiger partial charge is 0.293 e. The molecule has 2 heterocycles. The number of aromatic amines is 1. The zero-order chi connectivity index (χ0) is 74.1. The summed E-state index contributed by atoms with van der Waals surface area (Å²) in [4.78, 5) is 59.9. The molecule has 7 aromatic carbocycles. The third-order valence-corrected chi connectivity index (χ3v) is 14.0. The maximum absolute atomic E-state index is 12.3. The Kier molecular flexibility index (Phi) is 45.5. The molecule has 25 heteroatoms. The number of alkyl halides is 2. The number of carbonyl (C=O) groups is 4. The first-order valence-electron chi connectivity index (χ1n) is 30.7. The van der Waals surface area contributed by atoms with Crippen LogP contribution in [0, 0.1) is 52.1 Å². The highest BCUT2D eigenvalue weighted by molar-refractivity contribution is 14.0. The van der Waals surface area contributed by atoms with E-state index in [0.717, 1.165) is 43.4 Å². The predicted molar refractivity (Wildman–Crippen MR) is 417 cm³/mol.